The number of primary amides is 1. The highest BCUT2D eigenvalue weighted by Gasteiger charge is 2.44. The predicted molar refractivity (Wildman–Crippen MR) is 101 cm³/mol. The number of carbonyl (C=O) groups is 1. The lowest BCUT2D eigenvalue weighted by atomic mass is 9.87. The summed E-state index contributed by atoms with van der Waals surface area (Å²) in [5, 5.41) is 21.0. The van der Waals surface area contributed by atoms with Gasteiger partial charge >= 0.3 is 0 Å². The number of amidine groups is 1. The molecule has 1 fully saturated rings. The first-order chi connectivity index (χ1) is 12.6. The molecule has 0 aromatic heterocycles. The molecule has 0 spiro atoms. The number of benzene rings is 1. The Morgan fingerprint density at radius 3 is 2.52 bits per heavy atom. The van der Waals surface area contributed by atoms with Crippen molar-refractivity contribution in [3.63, 3.8) is 0 Å². The molecule has 1 aromatic carbocycles. The van der Waals surface area contributed by atoms with E-state index in [9.17, 15) is 13.6 Å². The van der Waals surface area contributed by atoms with Gasteiger partial charge < -0.3 is 22.1 Å². The van der Waals surface area contributed by atoms with Gasteiger partial charge in [-0.2, -0.15) is 4.99 Å². The van der Waals surface area contributed by atoms with Crippen LogP contribution < -0.4 is 22.1 Å². The lowest BCUT2D eigenvalue weighted by Gasteiger charge is -2.35. The van der Waals surface area contributed by atoms with Crippen LogP contribution in [0.2, 0.25) is 0 Å². The van der Waals surface area contributed by atoms with E-state index in [0.717, 1.165) is 5.56 Å². The van der Waals surface area contributed by atoms with Crippen LogP contribution in [-0.4, -0.2) is 41.4 Å². The number of halogens is 2. The smallest absolute Gasteiger partial charge is 0.270 e. The van der Waals surface area contributed by atoms with E-state index in [1.807, 2.05) is 6.92 Å². The number of amides is 1. The fourth-order valence-electron chi connectivity index (χ4n) is 2.72. The molecule has 0 aliphatic heterocycles. The average molecular weight is 379 g/mol. The molecule has 27 heavy (non-hydrogen) atoms. The van der Waals surface area contributed by atoms with Gasteiger partial charge in [0, 0.05) is 18.2 Å². The molecular formula is C17H23F2N7O. The summed E-state index contributed by atoms with van der Waals surface area (Å²) in [4.78, 5) is 15.2. The minimum Gasteiger partial charge on any atom is -0.364 e. The van der Waals surface area contributed by atoms with Crippen molar-refractivity contribution in [3.05, 3.63) is 29.8 Å². The summed E-state index contributed by atoms with van der Waals surface area (Å²) >= 11 is 0. The molecule has 1 saturated carbocycles. The van der Waals surface area contributed by atoms with Crippen molar-refractivity contribution in [2.24, 2.45) is 16.5 Å². The van der Waals surface area contributed by atoms with Gasteiger partial charge in [-0.3, -0.25) is 15.6 Å². The van der Waals surface area contributed by atoms with Crippen LogP contribution in [0.25, 0.3) is 0 Å². The molecular weight excluding hydrogens is 356 g/mol. The highest BCUT2D eigenvalue weighted by atomic mass is 19.3. The number of nitrogens with one attached hydrogen (secondary N) is 4. The van der Waals surface area contributed by atoms with Crippen LogP contribution in [0.15, 0.2) is 29.3 Å². The standard InChI is InChI=1S/C17H23F2N7O/c1-9-4-6-10(7-5-9)24-15(12(20)14(22)27)26-16(23)25-11-3-2-8-17(18,19)13(11)21/h4-7,11,13,20H,2-3,8,21H2,1H3,(H2,22,27)(H3,23,24,25,26)/t11-,13-/m1/s1. The quantitative estimate of drug-likeness (QED) is 0.345. The fraction of sp³-hybridized carbons (Fsp3) is 0.412. The molecule has 2 rings (SSSR count). The van der Waals surface area contributed by atoms with Gasteiger partial charge in [-0.15, -0.1) is 0 Å². The maximum absolute atomic E-state index is 13.7. The van der Waals surface area contributed by atoms with Gasteiger partial charge in [0.2, 0.25) is 5.96 Å². The summed E-state index contributed by atoms with van der Waals surface area (Å²) in [7, 11) is 0. The first-order valence-corrected chi connectivity index (χ1v) is 8.40. The molecule has 8 N–H and O–H groups in total. The van der Waals surface area contributed by atoms with Crippen LogP contribution in [0.3, 0.4) is 0 Å². The van der Waals surface area contributed by atoms with Crippen LogP contribution in [0, 0.1) is 17.7 Å². The Hall–Kier alpha value is -2.88. The molecule has 0 radical (unpaired) electrons. The van der Waals surface area contributed by atoms with Crippen LogP contribution >= 0.6 is 0 Å². The minimum absolute atomic E-state index is 0.264. The van der Waals surface area contributed by atoms with E-state index in [1.165, 1.54) is 0 Å². The molecule has 0 heterocycles. The van der Waals surface area contributed by atoms with E-state index in [1.54, 1.807) is 24.3 Å². The maximum Gasteiger partial charge on any atom is 0.270 e. The monoisotopic (exact) mass is 379 g/mol. The zero-order valence-electron chi connectivity index (χ0n) is 14.9. The van der Waals surface area contributed by atoms with Gasteiger partial charge in [0.05, 0.1) is 6.04 Å². The third-order valence-electron chi connectivity index (χ3n) is 4.29. The Labute approximate surface area is 155 Å². The highest BCUT2D eigenvalue weighted by molar-refractivity contribution is 6.67. The van der Waals surface area contributed by atoms with Crippen LogP contribution in [-0.2, 0) is 4.79 Å². The molecule has 0 unspecified atom stereocenters. The SMILES string of the molecule is Cc1ccc(N/C(=N/C(=N)N[C@@H]2CCCC(F)(F)[C@@H]2N)C(=N)C(N)=O)cc1. The van der Waals surface area contributed by atoms with Crippen LogP contribution in [0.1, 0.15) is 24.8 Å². The number of alkyl halides is 2. The average Bonchev–Trinajstić information content (AvgIpc) is 2.59. The van der Waals surface area contributed by atoms with E-state index < -0.39 is 35.6 Å². The number of rotatable bonds is 4. The van der Waals surface area contributed by atoms with Crippen molar-refractivity contribution in [1.82, 2.24) is 5.32 Å². The Bertz CT molecular complexity index is 761. The number of carbonyl (C=O) groups excluding carboxylic acids is 1. The molecule has 1 aliphatic rings. The number of aryl methyl sites for hydroxylation is 1. The van der Waals surface area contributed by atoms with Gasteiger partial charge in [-0.05, 0) is 31.9 Å². The van der Waals surface area contributed by atoms with Crippen molar-refractivity contribution >= 4 is 29.1 Å². The van der Waals surface area contributed by atoms with Crippen molar-refractivity contribution in [2.45, 2.75) is 44.2 Å². The second-order valence-electron chi connectivity index (χ2n) is 6.47. The van der Waals surface area contributed by atoms with Gasteiger partial charge in [0.1, 0.15) is 0 Å². The number of nitrogens with two attached hydrogens (primary N) is 2. The summed E-state index contributed by atoms with van der Waals surface area (Å²) < 4.78 is 27.5. The lowest BCUT2D eigenvalue weighted by Crippen LogP contribution is -2.58. The van der Waals surface area contributed by atoms with Gasteiger partial charge in [0.25, 0.3) is 11.8 Å². The Kier molecular flexibility index (Phi) is 6.21. The molecule has 0 bridgehead atoms. The second kappa shape index (κ2) is 8.21. The third kappa shape index (κ3) is 5.30. The predicted octanol–water partition coefficient (Wildman–Crippen LogP) is 1.35. The summed E-state index contributed by atoms with van der Waals surface area (Å²) in [6.07, 6.45) is 0.332. The minimum atomic E-state index is -3.02. The lowest BCUT2D eigenvalue weighted by molar-refractivity contribution is -0.111. The molecule has 10 heteroatoms. The largest absolute Gasteiger partial charge is 0.364 e. The summed E-state index contributed by atoms with van der Waals surface area (Å²) in [5.74, 6) is -4.82. The third-order valence-corrected chi connectivity index (χ3v) is 4.29. The van der Waals surface area contributed by atoms with E-state index in [-0.39, 0.29) is 18.7 Å². The maximum atomic E-state index is 13.7. The van der Waals surface area contributed by atoms with Crippen molar-refractivity contribution in [3.8, 4) is 0 Å². The molecule has 0 saturated heterocycles. The van der Waals surface area contributed by atoms with Crippen molar-refractivity contribution in [2.75, 3.05) is 5.32 Å². The summed E-state index contributed by atoms with van der Waals surface area (Å²) in [6.45, 7) is 1.90. The normalized spacial score (nSPS) is 22.0. The number of hydrogen-bond donors (Lipinski definition) is 6. The second-order valence-corrected chi connectivity index (χ2v) is 6.47. The molecule has 146 valence electrons. The topological polar surface area (TPSA) is 153 Å². The zero-order chi connectivity index (χ0) is 20.2. The Balaban J connectivity index is 2.17. The number of aliphatic imine (C=N–C) groups is 1. The van der Waals surface area contributed by atoms with Crippen LogP contribution in [0.4, 0.5) is 14.5 Å². The molecule has 1 aliphatic carbocycles. The number of hydrogen-bond acceptors (Lipinski definition) is 4. The van der Waals surface area contributed by atoms with E-state index in [2.05, 4.69) is 15.6 Å². The highest BCUT2D eigenvalue weighted by Crippen LogP contribution is 2.32. The molecule has 1 amide bonds. The van der Waals surface area contributed by atoms with Gasteiger partial charge in [-0.1, -0.05) is 17.7 Å². The number of anilines is 1. The molecule has 8 nitrogen and oxygen atoms in total. The molecule has 2 atom stereocenters. The van der Waals surface area contributed by atoms with E-state index >= 15 is 0 Å². The Morgan fingerprint density at radius 1 is 1.30 bits per heavy atom. The van der Waals surface area contributed by atoms with Crippen molar-refractivity contribution < 1.29 is 13.6 Å². The number of guanidine groups is 1. The van der Waals surface area contributed by atoms with E-state index in [0.29, 0.717) is 12.1 Å². The first-order valence-electron chi connectivity index (χ1n) is 8.40. The van der Waals surface area contributed by atoms with Crippen molar-refractivity contribution in [1.29, 1.82) is 10.8 Å². The zero-order valence-corrected chi connectivity index (χ0v) is 14.9. The summed E-state index contributed by atoms with van der Waals surface area (Å²) in [5.41, 5.74) is 11.6. The first kappa shape index (κ1) is 20.4. The molecule has 1 aromatic rings. The Morgan fingerprint density at radius 2 is 1.93 bits per heavy atom. The van der Waals surface area contributed by atoms with Gasteiger partial charge in [-0.25, -0.2) is 8.78 Å². The van der Waals surface area contributed by atoms with E-state index in [4.69, 9.17) is 22.3 Å². The van der Waals surface area contributed by atoms with Crippen LogP contribution in [0.5, 0.6) is 0 Å². The number of nitrogens with zero attached hydrogens (tertiary/aromatic N) is 1. The van der Waals surface area contributed by atoms with Gasteiger partial charge in [0.15, 0.2) is 11.5 Å². The fourth-order valence-corrected chi connectivity index (χ4v) is 2.72. The summed E-state index contributed by atoms with van der Waals surface area (Å²) in [6, 6.07) is 4.72.